The van der Waals surface area contributed by atoms with Gasteiger partial charge in [0.25, 0.3) is 5.91 Å². The van der Waals surface area contributed by atoms with Gasteiger partial charge in [-0.3, -0.25) is 4.79 Å². The largest absolute Gasteiger partial charge is 0.491 e. The van der Waals surface area contributed by atoms with E-state index in [2.05, 4.69) is 57.1 Å². The number of carbonyl (C=O) groups excluding carboxylic acids is 1. The normalized spacial score (nSPS) is 11.0. The van der Waals surface area contributed by atoms with Crippen molar-refractivity contribution in [3.63, 3.8) is 0 Å². The van der Waals surface area contributed by atoms with Gasteiger partial charge in [-0.1, -0.05) is 18.7 Å². The van der Waals surface area contributed by atoms with Gasteiger partial charge in [-0.05, 0) is 94.9 Å². The molecular weight excluding hydrogens is 594 g/mol. The standard InChI is InChI=1S/C22H20I2N2O3/c1-4-8-28-21-19(23)10-15(11-20(21)24)9-16(13-25)22(27)26-17-6-5-7-18(12-17)29-14(2)3/h4-7,9-12,14H,1,8H2,2-3H3,(H,26,27)/b16-9-. The molecule has 5 nitrogen and oxygen atoms in total. The summed E-state index contributed by atoms with van der Waals surface area (Å²) in [5, 5.41) is 12.2. The van der Waals surface area contributed by atoms with E-state index >= 15 is 0 Å². The minimum Gasteiger partial charge on any atom is -0.491 e. The van der Waals surface area contributed by atoms with Crippen LogP contribution in [0.3, 0.4) is 0 Å². The summed E-state index contributed by atoms with van der Waals surface area (Å²) < 4.78 is 13.1. The minimum atomic E-state index is -0.480. The molecule has 0 bridgehead atoms. The Bertz CT molecular complexity index is 955. The molecule has 0 atom stereocenters. The highest BCUT2D eigenvalue weighted by atomic mass is 127. The summed E-state index contributed by atoms with van der Waals surface area (Å²) in [4.78, 5) is 12.6. The van der Waals surface area contributed by atoms with E-state index in [1.807, 2.05) is 38.1 Å². The molecular formula is C22H20I2N2O3. The van der Waals surface area contributed by atoms with Crippen LogP contribution in [0.5, 0.6) is 11.5 Å². The Labute approximate surface area is 198 Å². The number of nitrogens with one attached hydrogen (secondary N) is 1. The number of nitrogens with zero attached hydrogens (tertiary/aromatic N) is 1. The van der Waals surface area contributed by atoms with Crippen molar-refractivity contribution in [1.82, 2.24) is 0 Å². The van der Waals surface area contributed by atoms with Gasteiger partial charge in [0, 0.05) is 11.8 Å². The lowest BCUT2D eigenvalue weighted by molar-refractivity contribution is -0.112. The number of carbonyl (C=O) groups is 1. The van der Waals surface area contributed by atoms with Crippen LogP contribution in [0.25, 0.3) is 6.08 Å². The smallest absolute Gasteiger partial charge is 0.266 e. The second-order valence-electron chi connectivity index (χ2n) is 6.23. The first kappa shape index (κ1) is 23.2. The van der Waals surface area contributed by atoms with Gasteiger partial charge in [-0.2, -0.15) is 5.26 Å². The maximum absolute atomic E-state index is 12.6. The van der Waals surface area contributed by atoms with Crippen LogP contribution in [0.2, 0.25) is 0 Å². The van der Waals surface area contributed by atoms with Crippen molar-refractivity contribution in [2.45, 2.75) is 20.0 Å². The number of hydrogen-bond donors (Lipinski definition) is 1. The second kappa shape index (κ2) is 11.2. The van der Waals surface area contributed by atoms with Crippen LogP contribution in [-0.4, -0.2) is 18.6 Å². The maximum atomic E-state index is 12.6. The Morgan fingerprint density at radius 2 is 1.97 bits per heavy atom. The van der Waals surface area contributed by atoms with Gasteiger partial charge in [0.15, 0.2) is 0 Å². The zero-order valence-electron chi connectivity index (χ0n) is 16.0. The van der Waals surface area contributed by atoms with Gasteiger partial charge in [0.2, 0.25) is 0 Å². The molecule has 0 aliphatic heterocycles. The Morgan fingerprint density at radius 1 is 1.28 bits per heavy atom. The van der Waals surface area contributed by atoms with Crippen molar-refractivity contribution in [2.24, 2.45) is 0 Å². The van der Waals surface area contributed by atoms with E-state index in [0.29, 0.717) is 18.0 Å². The first-order valence-corrected chi connectivity index (χ1v) is 10.9. The van der Waals surface area contributed by atoms with E-state index in [1.54, 1.807) is 30.4 Å². The Kier molecular flexibility index (Phi) is 8.98. The number of amides is 1. The fourth-order valence-electron chi connectivity index (χ4n) is 2.38. The first-order valence-electron chi connectivity index (χ1n) is 8.76. The third-order valence-electron chi connectivity index (χ3n) is 3.51. The summed E-state index contributed by atoms with van der Waals surface area (Å²) in [6.45, 7) is 7.92. The molecule has 2 rings (SSSR count). The van der Waals surface area contributed by atoms with Crippen LogP contribution in [-0.2, 0) is 4.79 Å². The van der Waals surface area contributed by atoms with E-state index in [-0.39, 0.29) is 11.7 Å². The summed E-state index contributed by atoms with van der Waals surface area (Å²) >= 11 is 4.34. The maximum Gasteiger partial charge on any atom is 0.266 e. The van der Waals surface area contributed by atoms with Crippen LogP contribution in [0.15, 0.2) is 54.6 Å². The van der Waals surface area contributed by atoms with Crippen molar-refractivity contribution in [2.75, 3.05) is 11.9 Å². The van der Waals surface area contributed by atoms with E-state index in [4.69, 9.17) is 9.47 Å². The van der Waals surface area contributed by atoms with Crippen molar-refractivity contribution in [3.05, 3.63) is 67.3 Å². The molecule has 1 N–H and O–H groups in total. The highest BCUT2D eigenvalue weighted by Crippen LogP contribution is 2.30. The van der Waals surface area contributed by atoms with Crippen LogP contribution >= 0.6 is 45.2 Å². The van der Waals surface area contributed by atoms with Gasteiger partial charge in [0.05, 0.1) is 13.2 Å². The van der Waals surface area contributed by atoms with E-state index in [9.17, 15) is 10.1 Å². The van der Waals surface area contributed by atoms with Gasteiger partial charge in [0.1, 0.15) is 29.7 Å². The molecule has 0 heterocycles. The number of ether oxygens (including phenoxy) is 2. The average molecular weight is 614 g/mol. The van der Waals surface area contributed by atoms with E-state index in [1.165, 1.54) is 0 Å². The molecule has 0 aliphatic rings. The molecule has 0 saturated heterocycles. The number of rotatable bonds is 8. The van der Waals surface area contributed by atoms with Gasteiger partial charge < -0.3 is 14.8 Å². The summed E-state index contributed by atoms with van der Waals surface area (Å²) in [7, 11) is 0. The van der Waals surface area contributed by atoms with Crippen molar-refractivity contribution >= 4 is 62.9 Å². The number of anilines is 1. The Hall–Kier alpha value is -2.06. The molecule has 0 aromatic heterocycles. The van der Waals surface area contributed by atoms with E-state index in [0.717, 1.165) is 18.5 Å². The molecule has 0 radical (unpaired) electrons. The average Bonchev–Trinajstić information content (AvgIpc) is 2.65. The van der Waals surface area contributed by atoms with Crippen molar-refractivity contribution < 1.29 is 14.3 Å². The minimum absolute atomic E-state index is 0.00606. The Morgan fingerprint density at radius 3 is 2.55 bits per heavy atom. The molecule has 0 spiro atoms. The molecule has 2 aromatic carbocycles. The van der Waals surface area contributed by atoms with Crippen molar-refractivity contribution in [1.29, 1.82) is 5.26 Å². The van der Waals surface area contributed by atoms with Crippen LogP contribution in [0.1, 0.15) is 19.4 Å². The lowest BCUT2D eigenvalue weighted by atomic mass is 10.1. The topological polar surface area (TPSA) is 71.3 Å². The molecule has 0 saturated carbocycles. The number of nitriles is 1. The summed E-state index contributed by atoms with van der Waals surface area (Å²) in [6, 6.07) is 12.8. The third kappa shape index (κ3) is 7.04. The summed E-state index contributed by atoms with van der Waals surface area (Å²) in [5.41, 5.74) is 1.31. The molecule has 0 fully saturated rings. The Balaban J connectivity index is 2.22. The van der Waals surface area contributed by atoms with Crippen molar-refractivity contribution in [3.8, 4) is 17.6 Å². The molecule has 0 unspecified atom stereocenters. The molecule has 0 aliphatic carbocycles. The summed E-state index contributed by atoms with van der Waals surface area (Å²) in [5.74, 6) is 0.930. The van der Waals surface area contributed by atoms with Gasteiger partial charge in [-0.15, -0.1) is 0 Å². The SMILES string of the molecule is C=CCOc1c(I)cc(/C=C(/C#N)C(=O)Nc2cccc(OC(C)C)c2)cc1I. The molecule has 1 amide bonds. The highest BCUT2D eigenvalue weighted by molar-refractivity contribution is 14.1. The number of benzene rings is 2. The zero-order valence-corrected chi connectivity index (χ0v) is 20.4. The molecule has 2 aromatic rings. The van der Waals surface area contributed by atoms with Gasteiger partial charge >= 0.3 is 0 Å². The predicted octanol–water partition coefficient (Wildman–Crippen LogP) is 5.79. The van der Waals surface area contributed by atoms with Crippen LogP contribution in [0, 0.1) is 18.5 Å². The second-order valence-corrected chi connectivity index (χ2v) is 8.56. The zero-order chi connectivity index (χ0) is 21.4. The van der Waals surface area contributed by atoms with Crippen LogP contribution in [0.4, 0.5) is 5.69 Å². The van der Waals surface area contributed by atoms with Gasteiger partial charge in [-0.25, -0.2) is 0 Å². The summed E-state index contributed by atoms with van der Waals surface area (Å²) in [6.07, 6.45) is 3.27. The fraction of sp³-hybridized carbons (Fsp3) is 0.182. The number of halogens is 2. The molecule has 29 heavy (non-hydrogen) atoms. The lowest BCUT2D eigenvalue weighted by Crippen LogP contribution is -2.14. The third-order valence-corrected chi connectivity index (χ3v) is 5.11. The fourth-order valence-corrected chi connectivity index (χ4v) is 4.50. The van der Waals surface area contributed by atoms with Crippen LogP contribution < -0.4 is 14.8 Å². The molecule has 150 valence electrons. The monoisotopic (exact) mass is 614 g/mol. The predicted molar refractivity (Wildman–Crippen MR) is 132 cm³/mol. The number of hydrogen-bond acceptors (Lipinski definition) is 4. The molecule has 7 heteroatoms. The highest BCUT2D eigenvalue weighted by Gasteiger charge is 2.13. The quantitative estimate of drug-likeness (QED) is 0.177. The lowest BCUT2D eigenvalue weighted by Gasteiger charge is -2.11. The van der Waals surface area contributed by atoms with E-state index < -0.39 is 5.91 Å². The first-order chi connectivity index (χ1) is 13.8.